The molecule has 0 radical (unpaired) electrons. The van der Waals surface area contributed by atoms with Crippen LogP contribution >= 0.6 is 32.1 Å². The molecule has 0 saturated carbocycles. The van der Waals surface area contributed by atoms with Gasteiger partial charge < -0.3 is 4.98 Å². The number of hydrogen-bond donors (Lipinski definition) is 0. The number of halogens is 1. The Labute approximate surface area is 165 Å². The zero-order chi connectivity index (χ0) is 17.0. The fraction of sp³-hybridized carbons (Fsp3) is 0. The van der Waals surface area contributed by atoms with Crippen LogP contribution in [0.5, 0.6) is 0 Å². The van der Waals surface area contributed by atoms with Gasteiger partial charge in [-0.05, 0) is 35.3 Å². The number of aromatic nitrogens is 2. The molecule has 4 heterocycles. The Hall–Kier alpha value is -1.32. The summed E-state index contributed by atoms with van der Waals surface area (Å²) in [5.41, 5.74) is 2.06. The maximum atomic E-state index is 4.61. The molecule has 0 aromatic carbocycles. The molecule has 0 aliphatic carbocycles. The maximum absolute atomic E-state index is 4.61. The van der Waals surface area contributed by atoms with Crippen LogP contribution in [0.15, 0.2) is 77.8 Å². The van der Waals surface area contributed by atoms with E-state index >= 15 is 0 Å². The minimum absolute atomic E-state index is 1.00. The van der Waals surface area contributed by atoms with Crippen LogP contribution in [0.4, 0.5) is 0 Å². The normalized spacial score (nSPS) is 9.29. The molecule has 4 aromatic heterocycles. The third kappa shape index (κ3) is 5.95. The van der Waals surface area contributed by atoms with Gasteiger partial charge in [-0.2, -0.15) is 12.1 Å². The standard InChI is InChI=1S/C9H7NS.C9H6NS.ClH.Pt/c2*1-2-6-10-8(4-1)9-5-3-7-11-9;;/h1-7H;1-4,6-7H;1H;/q;-1;;+2/p-1. The molecule has 0 saturated heterocycles. The molecule has 2 nitrogen and oxygen atoms in total. The van der Waals surface area contributed by atoms with Gasteiger partial charge in [-0.1, -0.05) is 29.1 Å². The van der Waals surface area contributed by atoms with Crippen LogP contribution in [0.25, 0.3) is 21.1 Å². The van der Waals surface area contributed by atoms with Gasteiger partial charge in [0, 0.05) is 12.4 Å². The van der Waals surface area contributed by atoms with Gasteiger partial charge in [0.15, 0.2) is 0 Å². The quantitative estimate of drug-likeness (QED) is 0.281. The smallest absolute Gasteiger partial charge is 0.0801 e. The molecule has 124 valence electrons. The van der Waals surface area contributed by atoms with Gasteiger partial charge in [-0.25, -0.2) is 11.3 Å². The summed E-state index contributed by atoms with van der Waals surface area (Å²) in [7, 11) is 4.61. The average Bonchev–Trinajstić information content (AvgIpc) is 3.39. The van der Waals surface area contributed by atoms with Gasteiger partial charge in [0.2, 0.25) is 0 Å². The van der Waals surface area contributed by atoms with Gasteiger partial charge in [0.05, 0.1) is 10.6 Å². The molecule has 6 heteroatoms. The number of nitrogens with zero attached hydrogens (tertiary/aromatic N) is 2. The number of rotatable bonds is 2. The number of hydrogen-bond acceptors (Lipinski definition) is 4. The molecule has 0 aliphatic heterocycles. The van der Waals surface area contributed by atoms with E-state index in [-0.39, 0.29) is 0 Å². The van der Waals surface area contributed by atoms with E-state index in [0.29, 0.717) is 0 Å². The van der Waals surface area contributed by atoms with Crippen LogP contribution < -0.4 is 0 Å². The Morgan fingerprint density at radius 2 is 1.50 bits per heavy atom. The van der Waals surface area contributed by atoms with Crippen molar-refractivity contribution in [2.24, 2.45) is 0 Å². The summed E-state index contributed by atoms with van der Waals surface area (Å²) < 4.78 is 0. The molecule has 0 unspecified atom stereocenters. The van der Waals surface area contributed by atoms with Crippen LogP contribution in [-0.2, 0) is 18.8 Å². The zero-order valence-corrected chi connectivity index (χ0v) is 17.1. The molecule has 0 N–H and O–H groups in total. The van der Waals surface area contributed by atoms with Crippen LogP contribution in [0.1, 0.15) is 0 Å². The van der Waals surface area contributed by atoms with E-state index in [1.165, 1.54) is 4.88 Å². The predicted molar refractivity (Wildman–Crippen MR) is 99.8 cm³/mol. The topological polar surface area (TPSA) is 25.8 Å². The Morgan fingerprint density at radius 1 is 0.792 bits per heavy atom. The first-order valence-electron chi connectivity index (χ1n) is 6.87. The molecule has 0 aliphatic rings. The second kappa shape index (κ2) is 11.3. The number of pyridine rings is 2. The van der Waals surface area contributed by atoms with Crippen molar-refractivity contribution in [2.45, 2.75) is 0 Å². The Morgan fingerprint density at radius 3 is 2.00 bits per heavy atom. The van der Waals surface area contributed by atoms with Crippen molar-refractivity contribution < 1.29 is 18.8 Å². The van der Waals surface area contributed by atoms with Gasteiger partial charge in [0.25, 0.3) is 0 Å². The van der Waals surface area contributed by atoms with E-state index in [2.05, 4.69) is 36.9 Å². The second-order valence-corrected chi connectivity index (χ2v) is 6.17. The van der Waals surface area contributed by atoms with Crippen molar-refractivity contribution in [1.29, 1.82) is 0 Å². The molecule has 0 spiro atoms. The van der Waals surface area contributed by atoms with Crippen molar-refractivity contribution >= 4 is 32.1 Å². The summed E-state index contributed by atoms with van der Waals surface area (Å²) in [6.07, 6.45) is 3.61. The first-order valence-corrected chi connectivity index (χ1v) is 11.4. The Kier molecular flexibility index (Phi) is 8.93. The predicted octanol–water partition coefficient (Wildman–Crippen LogP) is 6.11. The second-order valence-electron chi connectivity index (χ2n) is 4.30. The molecule has 24 heavy (non-hydrogen) atoms. The Balaban J connectivity index is 0.000000158. The number of thiophene rings is 2. The third-order valence-corrected chi connectivity index (χ3v) is 4.53. The van der Waals surface area contributed by atoms with Gasteiger partial charge >= 0.3 is 28.2 Å². The molecule has 0 bridgehead atoms. The van der Waals surface area contributed by atoms with Crippen molar-refractivity contribution in [3.05, 3.63) is 83.8 Å². The van der Waals surface area contributed by atoms with E-state index < -0.39 is 0 Å². The maximum Gasteiger partial charge on any atom is 0.0801 e. The summed E-state index contributed by atoms with van der Waals surface area (Å²) in [5, 5.41) is 4.06. The van der Waals surface area contributed by atoms with Crippen LogP contribution in [-0.4, -0.2) is 9.97 Å². The van der Waals surface area contributed by atoms with Crippen molar-refractivity contribution in [1.82, 2.24) is 9.97 Å². The van der Waals surface area contributed by atoms with Gasteiger partial charge in [-0.3, -0.25) is 4.98 Å². The molecular weight excluding hydrogens is 539 g/mol. The molecule has 0 atom stereocenters. The van der Waals surface area contributed by atoms with E-state index in [1.807, 2.05) is 60.1 Å². The average molecular weight is 552 g/mol. The minimum atomic E-state index is 1.00. The van der Waals surface area contributed by atoms with Crippen LogP contribution in [0.2, 0.25) is 0 Å². The summed E-state index contributed by atoms with van der Waals surface area (Å²) in [4.78, 5) is 10.8. The minimum Gasteiger partial charge on any atom is -0.319 e. The van der Waals surface area contributed by atoms with Crippen molar-refractivity contribution in [3.8, 4) is 21.1 Å². The van der Waals surface area contributed by atoms with Gasteiger partial charge in [0.1, 0.15) is 0 Å². The molecule has 4 aromatic rings. The van der Waals surface area contributed by atoms with Crippen LogP contribution in [0.3, 0.4) is 0 Å². The molecule has 4 rings (SSSR count). The Bertz CT molecular complexity index is 707. The van der Waals surface area contributed by atoms with E-state index in [9.17, 15) is 0 Å². The van der Waals surface area contributed by atoms with E-state index in [1.54, 1.807) is 47.6 Å². The molecule has 0 amide bonds. The third-order valence-electron chi connectivity index (χ3n) is 2.80. The van der Waals surface area contributed by atoms with E-state index in [4.69, 9.17) is 0 Å². The largest absolute Gasteiger partial charge is 0.319 e. The first kappa shape index (κ1) is 19.0. The summed E-state index contributed by atoms with van der Waals surface area (Å²) in [5.74, 6) is 0. The monoisotopic (exact) mass is 551 g/mol. The molecule has 0 fully saturated rings. The summed E-state index contributed by atoms with van der Waals surface area (Å²) in [6, 6.07) is 21.0. The zero-order valence-electron chi connectivity index (χ0n) is 12.4. The van der Waals surface area contributed by atoms with Crippen LogP contribution in [0, 0.1) is 6.07 Å². The fourth-order valence-electron chi connectivity index (χ4n) is 1.81. The van der Waals surface area contributed by atoms with Gasteiger partial charge in [-0.15, -0.1) is 16.7 Å². The fourth-order valence-corrected chi connectivity index (χ4v) is 3.16. The summed E-state index contributed by atoms with van der Waals surface area (Å²) >= 11 is 4.98. The van der Waals surface area contributed by atoms with Crippen molar-refractivity contribution in [3.63, 3.8) is 0 Å². The SMILES string of the molecule is [Cl][Pt+].[c-]1ccsc1-c1ccccn1.c1ccc(-c2cccs2)nc1. The first-order chi connectivity index (χ1) is 11.9. The van der Waals surface area contributed by atoms with E-state index in [0.717, 1.165) is 16.3 Å². The summed E-state index contributed by atoms with van der Waals surface area (Å²) in [6.45, 7) is 0. The molecular formula is C18H13ClN2PtS2. The van der Waals surface area contributed by atoms with Crippen molar-refractivity contribution in [2.75, 3.05) is 0 Å².